The summed E-state index contributed by atoms with van der Waals surface area (Å²) in [6.07, 6.45) is 1.66. The number of nitrogens with two attached hydrogens (primary N) is 2. The molecule has 0 aliphatic rings. The summed E-state index contributed by atoms with van der Waals surface area (Å²) in [5.74, 6) is -4.39. The molecule has 224 valence electrons. The summed E-state index contributed by atoms with van der Waals surface area (Å²) in [6, 6.07) is 12.0. The molecule has 0 radical (unpaired) electrons. The van der Waals surface area contributed by atoms with Crippen molar-refractivity contribution in [3.63, 3.8) is 0 Å². The van der Waals surface area contributed by atoms with Gasteiger partial charge in [0.05, 0.1) is 12.5 Å². The maximum absolute atomic E-state index is 13.7. The molecule has 0 aliphatic carbocycles. The number of rotatable bonds is 15. The lowest BCUT2D eigenvalue weighted by molar-refractivity contribution is -0.143. The number of carboxylic acids is 1. The number of para-hydroxylation sites is 1. The summed E-state index contributed by atoms with van der Waals surface area (Å²) >= 11 is 0. The minimum Gasteiger partial charge on any atom is -0.480 e. The average Bonchev–Trinajstić information content (AvgIpc) is 3.34. The molecule has 0 bridgehead atoms. The Hall–Kier alpha value is -4.71. The smallest absolute Gasteiger partial charge is 0.326 e. The number of aromatic amines is 1. The summed E-state index contributed by atoms with van der Waals surface area (Å²) < 4.78 is 0. The van der Waals surface area contributed by atoms with Gasteiger partial charge in [-0.15, -0.1) is 0 Å². The predicted molar refractivity (Wildman–Crippen MR) is 157 cm³/mol. The third-order valence-electron chi connectivity index (χ3n) is 6.73. The van der Waals surface area contributed by atoms with Crippen molar-refractivity contribution in [3.8, 4) is 0 Å². The normalized spacial score (nSPS) is 14.0. The Balaban J connectivity index is 1.83. The molecule has 0 spiro atoms. The van der Waals surface area contributed by atoms with Crippen LogP contribution in [0, 0.1) is 5.92 Å². The van der Waals surface area contributed by atoms with Crippen LogP contribution in [0.4, 0.5) is 0 Å². The van der Waals surface area contributed by atoms with E-state index in [0.29, 0.717) is 0 Å². The van der Waals surface area contributed by atoms with Gasteiger partial charge in [0.1, 0.15) is 18.1 Å². The SMILES string of the molecule is CC(C)CC(NC(=O)C(Cc1c[nH]c2ccccc12)NC(=O)C(N)Cc1ccccc1)C(=O)NC(CC(N)=O)C(=O)O. The number of fused-ring (bicyclic) bond motifs is 1. The molecule has 12 heteroatoms. The van der Waals surface area contributed by atoms with Crippen molar-refractivity contribution in [2.24, 2.45) is 17.4 Å². The van der Waals surface area contributed by atoms with Gasteiger partial charge in [0.15, 0.2) is 0 Å². The number of nitrogens with one attached hydrogen (secondary N) is 4. The van der Waals surface area contributed by atoms with Crippen LogP contribution in [0.3, 0.4) is 0 Å². The molecule has 3 rings (SSSR count). The minimum absolute atomic E-state index is 0.0681. The van der Waals surface area contributed by atoms with E-state index in [1.807, 2.05) is 68.4 Å². The first kappa shape index (κ1) is 31.8. The Morgan fingerprint density at radius 2 is 1.40 bits per heavy atom. The molecule has 12 nitrogen and oxygen atoms in total. The number of carbonyl (C=O) groups is 5. The number of amides is 4. The molecule has 1 aromatic heterocycles. The van der Waals surface area contributed by atoms with E-state index in [-0.39, 0.29) is 25.2 Å². The van der Waals surface area contributed by atoms with Gasteiger partial charge in [-0.3, -0.25) is 19.2 Å². The molecule has 4 atom stereocenters. The van der Waals surface area contributed by atoms with Gasteiger partial charge in [-0.2, -0.15) is 0 Å². The molecule has 0 fully saturated rings. The summed E-state index contributed by atoms with van der Waals surface area (Å²) in [7, 11) is 0. The van der Waals surface area contributed by atoms with Crippen LogP contribution in [0.25, 0.3) is 10.9 Å². The van der Waals surface area contributed by atoms with Crippen LogP contribution in [-0.2, 0) is 36.8 Å². The predicted octanol–water partition coefficient (Wildman–Crippen LogP) is 0.741. The molecule has 42 heavy (non-hydrogen) atoms. The number of hydrogen-bond acceptors (Lipinski definition) is 6. The van der Waals surface area contributed by atoms with E-state index in [9.17, 15) is 29.1 Å². The van der Waals surface area contributed by atoms with Crippen molar-refractivity contribution in [2.75, 3.05) is 0 Å². The third-order valence-corrected chi connectivity index (χ3v) is 6.73. The summed E-state index contributed by atoms with van der Waals surface area (Å²) in [4.78, 5) is 66.0. The molecule has 0 aliphatic heterocycles. The zero-order valence-electron chi connectivity index (χ0n) is 23.6. The summed E-state index contributed by atoms with van der Waals surface area (Å²) in [6.45, 7) is 3.66. The quantitative estimate of drug-likeness (QED) is 0.137. The van der Waals surface area contributed by atoms with Gasteiger partial charge in [-0.25, -0.2) is 4.79 Å². The Kier molecular flexibility index (Phi) is 11.2. The fourth-order valence-corrected chi connectivity index (χ4v) is 4.62. The lowest BCUT2D eigenvalue weighted by Crippen LogP contribution is -2.58. The molecule has 4 amide bonds. The molecule has 2 aromatic carbocycles. The Morgan fingerprint density at radius 1 is 0.810 bits per heavy atom. The van der Waals surface area contributed by atoms with Crippen LogP contribution in [0.2, 0.25) is 0 Å². The third kappa shape index (κ3) is 9.16. The number of aromatic nitrogens is 1. The van der Waals surface area contributed by atoms with Crippen molar-refractivity contribution in [2.45, 2.75) is 63.7 Å². The molecule has 0 saturated carbocycles. The van der Waals surface area contributed by atoms with Crippen LogP contribution < -0.4 is 27.4 Å². The van der Waals surface area contributed by atoms with Crippen molar-refractivity contribution >= 4 is 40.5 Å². The first-order valence-electron chi connectivity index (χ1n) is 13.7. The van der Waals surface area contributed by atoms with Crippen molar-refractivity contribution in [3.05, 3.63) is 71.9 Å². The maximum Gasteiger partial charge on any atom is 0.326 e. The highest BCUT2D eigenvalue weighted by atomic mass is 16.4. The molecule has 0 saturated heterocycles. The van der Waals surface area contributed by atoms with E-state index in [1.165, 1.54) is 0 Å². The Morgan fingerprint density at radius 3 is 2.05 bits per heavy atom. The van der Waals surface area contributed by atoms with Crippen LogP contribution in [-0.4, -0.2) is 63.9 Å². The molecule has 9 N–H and O–H groups in total. The monoisotopic (exact) mass is 578 g/mol. The first-order valence-corrected chi connectivity index (χ1v) is 13.7. The zero-order chi connectivity index (χ0) is 30.8. The van der Waals surface area contributed by atoms with Crippen LogP contribution in [0.15, 0.2) is 60.8 Å². The zero-order valence-corrected chi connectivity index (χ0v) is 23.6. The molecule has 4 unspecified atom stereocenters. The van der Waals surface area contributed by atoms with Crippen LogP contribution in [0.5, 0.6) is 0 Å². The lowest BCUT2D eigenvalue weighted by Gasteiger charge is -2.26. The number of benzene rings is 2. The van der Waals surface area contributed by atoms with E-state index < -0.39 is 60.2 Å². The average molecular weight is 579 g/mol. The van der Waals surface area contributed by atoms with Gasteiger partial charge >= 0.3 is 5.97 Å². The van der Waals surface area contributed by atoms with E-state index in [4.69, 9.17) is 11.5 Å². The van der Waals surface area contributed by atoms with Gasteiger partial charge in [-0.05, 0) is 36.0 Å². The minimum atomic E-state index is -1.56. The van der Waals surface area contributed by atoms with E-state index in [0.717, 1.165) is 22.0 Å². The summed E-state index contributed by atoms with van der Waals surface area (Å²) in [5, 5.41) is 18.0. The number of aliphatic carboxylic acids is 1. The Labute approximate surface area is 243 Å². The first-order chi connectivity index (χ1) is 19.9. The fraction of sp³-hybridized carbons (Fsp3) is 0.367. The van der Waals surface area contributed by atoms with Crippen LogP contribution in [0.1, 0.15) is 37.8 Å². The highest BCUT2D eigenvalue weighted by Gasteiger charge is 2.32. The highest BCUT2D eigenvalue weighted by molar-refractivity contribution is 5.95. The van der Waals surface area contributed by atoms with Gasteiger partial charge in [0, 0.05) is 23.5 Å². The number of carboxylic acid groups (broad SMARTS) is 1. The fourth-order valence-electron chi connectivity index (χ4n) is 4.62. The van der Waals surface area contributed by atoms with Gasteiger partial charge in [0.2, 0.25) is 23.6 Å². The second-order valence-electron chi connectivity index (χ2n) is 10.7. The van der Waals surface area contributed by atoms with Gasteiger partial charge in [0.25, 0.3) is 0 Å². The second kappa shape index (κ2) is 14.8. The standard InChI is InChI=1S/C30H38N6O6/c1-17(2)12-23(28(39)36-25(30(41)42)15-26(32)37)35-29(40)24(14-19-16-33-22-11-7-6-10-20(19)22)34-27(38)21(31)13-18-8-4-3-5-9-18/h3-11,16-17,21,23-25,33H,12-15,31H2,1-2H3,(H2,32,37)(H,34,38)(H,35,40)(H,36,39)(H,41,42). The van der Waals surface area contributed by atoms with E-state index in [1.54, 1.807) is 6.20 Å². The van der Waals surface area contributed by atoms with Gasteiger partial charge < -0.3 is 37.5 Å². The summed E-state index contributed by atoms with van der Waals surface area (Å²) in [5.41, 5.74) is 13.8. The molecular formula is C30H38N6O6. The number of primary amides is 1. The van der Waals surface area contributed by atoms with E-state index >= 15 is 0 Å². The highest BCUT2D eigenvalue weighted by Crippen LogP contribution is 2.19. The van der Waals surface area contributed by atoms with Crippen LogP contribution >= 0.6 is 0 Å². The molecular weight excluding hydrogens is 540 g/mol. The number of carbonyl (C=O) groups excluding carboxylic acids is 4. The van der Waals surface area contributed by atoms with Gasteiger partial charge in [-0.1, -0.05) is 62.4 Å². The Bertz CT molecular complexity index is 1410. The molecule has 3 aromatic rings. The molecule has 1 heterocycles. The van der Waals surface area contributed by atoms with Crippen molar-refractivity contribution in [1.82, 2.24) is 20.9 Å². The van der Waals surface area contributed by atoms with Crippen molar-refractivity contribution < 1.29 is 29.1 Å². The second-order valence-corrected chi connectivity index (χ2v) is 10.7. The number of H-pyrrole nitrogens is 1. The van der Waals surface area contributed by atoms with Crippen molar-refractivity contribution in [1.29, 1.82) is 0 Å². The van der Waals surface area contributed by atoms with E-state index in [2.05, 4.69) is 20.9 Å². The topological polar surface area (TPSA) is 210 Å². The number of hydrogen-bond donors (Lipinski definition) is 7. The largest absolute Gasteiger partial charge is 0.480 e. The maximum atomic E-state index is 13.7. The lowest BCUT2D eigenvalue weighted by atomic mass is 9.99.